The summed E-state index contributed by atoms with van der Waals surface area (Å²) in [7, 11) is -4.33. The average molecular weight is 613 g/mol. The number of carbonyl (C=O) groups is 2. The standard InChI is InChI=1S/C27H27F3N2O7S2/c1-16-23(39-14-22(33)34)25(26(35)36)40-24(16)17-6-4-7-20(13-17)32(19-9-11-31-12-10-19)41(37,38)15-18-5-2-3-8-21(18)27(28,29)30/h2-8,13,19,31H,9-12,14-15H2,1H3,(H,33,34)(H,35,36). The molecular weight excluding hydrogens is 585 g/mol. The molecule has 0 saturated carbocycles. The predicted molar refractivity (Wildman–Crippen MR) is 147 cm³/mol. The number of piperidine rings is 1. The highest BCUT2D eigenvalue weighted by Crippen LogP contribution is 2.43. The maximum atomic E-state index is 13.9. The smallest absolute Gasteiger partial charge is 0.416 e. The Balaban J connectivity index is 1.79. The number of aliphatic carboxylic acids is 1. The lowest BCUT2D eigenvalue weighted by molar-refractivity contribution is -0.139. The molecule has 2 heterocycles. The van der Waals surface area contributed by atoms with Crippen molar-refractivity contribution in [2.24, 2.45) is 0 Å². The van der Waals surface area contributed by atoms with Crippen molar-refractivity contribution in [1.82, 2.24) is 5.32 Å². The zero-order chi connectivity index (χ0) is 29.9. The van der Waals surface area contributed by atoms with Gasteiger partial charge in [0.05, 0.1) is 17.0 Å². The molecule has 4 rings (SSSR count). The van der Waals surface area contributed by atoms with E-state index in [0.29, 0.717) is 41.9 Å². The van der Waals surface area contributed by atoms with E-state index in [1.54, 1.807) is 31.2 Å². The van der Waals surface area contributed by atoms with Crippen LogP contribution >= 0.6 is 11.3 Å². The molecule has 1 aliphatic heterocycles. The molecule has 2 aromatic carbocycles. The van der Waals surface area contributed by atoms with Crippen LogP contribution in [0.25, 0.3) is 10.4 Å². The van der Waals surface area contributed by atoms with Gasteiger partial charge in [0.2, 0.25) is 10.0 Å². The number of nitrogens with one attached hydrogen (secondary N) is 1. The summed E-state index contributed by atoms with van der Waals surface area (Å²) in [4.78, 5) is 23.1. The fraction of sp³-hybridized carbons (Fsp3) is 0.333. The van der Waals surface area contributed by atoms with Crippen molar-refractivity contribution >= 4 is 39.0 Å². The Hall–Kier alpha value is -3.62. The third-order valence-electron chi connectivity index (χ3n) is 6.59. The Morgan fingerprint density at radius 2 is 1.78 bits per heavy atom. The zero-order valence-corrected chi connectivity index (χ0v) is 23.4. The molecule has 0 bridgehead atoms. The van der Waals surface area contributed by atoms with Crippen molar-refractivity contribution in [3.63, 3.8) is 0 Å². The van der Waals surface area contributed by atoms with E-state index in [1.165, 1.54) is 16.4 Å². The van der Waals surface area contributed by atoms with Crippen molar-refractivity contribution in [2.45, 2.75) is 37.7 Å². The van der Waals surface area contributed by atoms with E-state index in [2.05, 4.69) is 5.32 Å². The first-order chi connectivity index (χ1) is 19.3. The fourth-order valence-electron chi connectivity index (χ4n) is 4.84. The third kappa shape index (κ3) is 6.82. The Labute approximate surface area is 238 Å². The van der Waals surface area contributed by atoms with Crippen LogP contribution in [0.5, 0.6) is 5.75 Å². The number of hydrogen-bond acceptors (Lipinski definition) is 7. The van der Waals surface area contributed by atoms with Crippen molar-refractivity contribution in [3.05, 3.63) is 70.1 Å². The van der Waals surface area contributed by atoms with E-state index in [1.807, 2.05) is 0 Å². The van der Waals surface area contributed by atoms with Gasteiger partial charge in [-0.05, 0) is 62.2 Å². The number of aromatic carboxylic acids is 1. The lowest BCUT2D eigenvalue weighted by atomic mass is 10.0. The van der Waals surface area contributed by atoms with Crippen molar-refractivity contribution < 1.29 is 46.1 Å². The second-order valence-corrected chi connectivity index (χ2v) is 12.3. The Kier molecular flexibility index (Phi) is 8.94. The van der Waals surface area contributed by atoms with Crippen molar-refractivity contribution in [1.29, 1.82) is 0 Å². The summed E-state index contributed by atoms with van der Waals surface area (Å²) in [6, 6.07) is 10.3. The minimum atomic E-state index is -4.73. The summed E-state index contributed by atoms with van der Waals surface area (Å²) in [6.07, 6.45) is -3.87. The third-order valence-corrected chi connectivity index (χ3v) is 9.68. The maximum absolute atomic E-state index is 13.9. The Morgan fingerprint density at radius 1 is 1.10 bits per heavy atom. The van der Waals surface area contributed by atoms with Crippen LogP contribution in [0.3, 0.4) is 0 Å². The van der Waals surface area contributed by atoms with Gasteiger partial charge in [-0.25, -0.2) is 18.0 Å². The van der Waals surface area contributed by atoms with Crippen molar-refractivity contribution in [3.8, 4) is 16.2 Å². The van der Waals surface area contributed by atoms with Crippen LogP contribution in [0.2, 0.25) is 0 Å². The molecule has 0 unspecified atom stereocenters. The molecule has 220 valence electrons. The van der Waals surface area contributed by atoms with Gasteiger partial charge in [0, 0.05) is 16.5 Å². The van der Waals surface area contributed by atoms with Crippen LogP contribution < -0.4 is 14.4 Å². The number of halogens is 3. The highest BCUT2D eigenvalue weighted by atomic mass is 32.2. The molecule has 41 heavy (non-hydrogen) atoms. The molecule has 1 aromatic heterocycles. The molecule has 0 spiro atoms. The predicted octanol–water partition coefficient (Wildman–Crippen LogP) is 4.99. The summed E-state index contributed by atoms with van der Waals surface area (Å²) in [5.41, 5.74) is -0.359. The number of carboxylic acids is 2. The van der Waals surface area contributed by atoms with Crippen LogP contribution in [0.4, 0.5) is 18.9 Å². The van der Waals surface area contributed by atoms with Gasteiger partial charge < -0.3 is 20.3 Å². The monoisotopic (exact) mass is 612 g/mol. The number of rotatable bonds is 10. The molecule has 3 N–H and O–H groups in total. The Morgan fingerprint density at radius 3 is 2.41 bits per heavy atom. The van der Waals surface area contributed by atoms with Crippen LogP contribution in [0.1, 0.15) is 39.2 Å². The van der Waals surface area contributed by atoms with Gasteiger partial charge in [-0.15, -0.1) is 11.3 Å². The summed E-state index contributed by atoms with van der Waals surface area (Å²) < 4.78 is 75.2. The number of anilines is 1. The number of hydrogen-bond donors (Lipinski definition) is 3. The van der Waals surface area contributed by atoms with Gasteiger partial charge >= 0.3 is 18.1 Å². The van der Waals surface area contributed by atoms with E-state index in [-0.39, 0.29) is 21.9 Å². The summed E-state index contributed by atoms with van der Waals surface area (Å²) >= 11 is 0.849. The fourth-order valence-corrected chi connectivity index (χ4v) is 7.81. The summed E-state index contributed by atoms with van der Waals surface area (Å²) in [5, 5.41) is 21.8. The van der Waals surface area contributed by atoms with E-state index in [0.717, 1.165) is 23.5 Å². The van der Waals surface area contributed by atoms with Crippen LogP contribution in [-0.4, -0.2) is 56.3 Å². The van der Waals surface area contributed by atoms with Crippen LogP contribution in [0.15, 0.2) is 48.5 Å². The number of nitrogens with zero attached hydrogens (tertiary/aromatic N) is 1. The Bertz CT molecular complexity index is 1550. The number of sulfonamides is 1. The first-order valence-corrected chi connectivity index (χ1v) is 14.9. The first kappa shape index (κ1) is 30.3. The van der Waals surface area contributed by atoms with Gasteiger partial charge in [0.25, 0.3) is 0 Å². The number of alkyl halides is 3. The average Bonchev–Trinajstić information content (AvgIpc) is 3.24. The molecule has 14 heteroatoms. The van der Waals surface area contributed by atoms with E-state index in [9.17, 15) is 36.3 Å². The van der Waals surface area contributed by atoms with Gasteiger partial charge in [0.1, 0.15) is 5.75 Å². The van der Waals surface area contributed by atoms with Gasteiger partial charge in [0.15, 0.2) is 11.5 Å². The number of benzene rings is 2. The quantitative estimate of drug-likeness (QED) is 0.292. The van der Waals surface area contributed by atoms with Gasteiger partial charge in [-0.1, -0.05) is 30.3 Å². The van der Waals surface area contributed by atoms with E-state index in [4.69, 9.17) is 9.84 Å². The summed E-state index contributed by atoms with van der Waals surface area (Å²) in [6.45, 7) is 1.85. The van der Waals surface area contributed by atoms with E-state index >= 15 is 0 Å². The minimum absolute atomic E-state index is 0.100. The van der Waals surface area contributed by atoms with Gasteiger partial charge in [-0.3, -0.25) is 4.31 Å². The molecule has 9 nitrogen and oxygen atoms in total. The first-order valence-electron chi connectivity index (χ1n) is 12.5. The highest BCUT2D eigenvalue weighted by molar-refractivity contribution is 7.92. The lowest BCUT2D eigenvalue weighted by Crippen LogP contribution is -2.46. The molecule has 1 aliphatic rings. The van der Waals surface area contributed by atoms with E-state index < -0.39 is 52.1 Å². The SMILES string of the molecule is Cc1c(-c2cccc(N(C3CCNCC3)S(=O)(=O)Cc3ccccc3C(F)(F)F)c2)sc(C(=O)O)c1OCC(=O)O. The zero-order valence-electron chi connectivity index (χ0n) is 21.8. The van der Waals surface area contributed by atoms with Crippen LogP contribution in [0, 0.1) is 6.92 Å². The number of carboxylic acid groups (broad SMARTS) is 2. The number of thiophene rings is 1. The summed E-state index contributed by atoms with van der Waals surface area (Å²) in [5.74, 6) is -3.57. The van der Waals surface area contributed by atoms with Gasteiger partial charge in [-0.2, -0.15) is 13.2 Å². The molecule has 0 amide bonds. The molecule has 0 aliphatic carbocycles. The largest absolute Gasteiger partial charge is 0.480 e. The minimum Gasteiger partial charge on any atom is -0.480 e. The lowest BCUT2D eigenvalue weighted by Gasteiger charge is -2.36. The second-order valence-electron chi connectivity index (χ2n) is 9.44. The molecule has 0 atom stereocenters. The molecular formula is C27H27F3N2O7S2. The molecule has 1 fully saturated rings. The molecule has 3 aromatic rings. The highest BCUT2D eigenvalue weighted by Gasteiger charge is 2.37. The normalized spacial score (nSPS) is 14.5. The number of ether oxygens (including phenoxy) is 1. The molecule has 1 saturated heterocycles. The topological polar surface area (TPSA) is 133 Å². The van der Waals surface area contributed by atoms with Crippen LogP contribution in [-0.2, 0) is 26.7 Å². The maximum Gasteiger partial charge on any atom is 0.416 e. The molecule has 0 radical (unpaired) electrons. The van der Waals surface area contributed by atoms with Crippen molar-refractivity contribution in [2.75, 3.05) is 24.0 Å². The second kappa shape index (κ2) is 12.1.